The molecule has 2 nitrogen and oxygen atoms in total. The molecule has 0 saturated carbocycles. The zero-order valence-corrected chi connectivity index (χ0v) is 6.04. The summed E-state index contributed by atoms with van der Waals surface area (Å²) in [5.41, 5.74) is 6.64. The third kappa shape index (κ3) is 1.03. The Bertz CT molecular complexity index is 382. The Morgan fingerprint density at radius 3 is 2.73 bits per heavy atom. The molecule has 1 aromatic heterocycles. The molecular formula is C9H9N2+. The van der Waals surface area contributed by atoms with Crippen molar-refractivity contribution in [2.24, 2.45) is 0 Å². The van der Waals surface area contributed by atoms with Gasteiger partial charge in [-0.25, -0.2) is 4.98 Å². The first-order valence-electron chi connectivity index (χ1n) is 3.53. The van der Waals surface area contributed by atoms with Crippen LogP contribution in [0.4, 0.5) is 5.82 Å². The SMILES string of the molecule is Nc1ccc2ccccc2[nH+]1. The number of aromatic nitrogens is 1. The standard InChI is InChI=1S/C9H8N2/c10-9-6-5-7-3-1-2-4-8(7)11-9/h1-6H,(H2,10,11)/p+1. The lowest BCUT2D eigenvalue weighted by molar-refractivity contribution is -0.326. The summed E-state index contributed by atoms with van der Waals surface area (Å²) in [5, 5.41) is 1.18. The first kappa shape index (κ1) is 6.16. The van der Waals surface area contributed by atoms with Gasteiger partial charge in [0.2, 0.25) is 0 Å². The van der Waals surface area contributed by atoms with Gasteiger partial charge in [-0.15, -0.1) is 0 Å². The van der Waals surface area contributed by atoms with Crippen LogP contribution in [0.3, 0.4) is 0 Å². The molecule has 0 unspecified atom stereocenters. The summed E-state index contributed by atoms with van der Waals surface area (Å²) in [6, 6.07) is 11.9. The lowest BCUT2D eigenvalue weighted by Gasteiger charge is -1.92. The van der Waals surface area contributed by atoms with E-state index in [4.69, 9.17) is 5.73 Å². The minimum atomic E-state index is 0.698. The largest absolute Gasteiger partial charge is 0.287 e. The molecule has 0 aliphatic rings. The summed E-state index contributed by atoms with van der Waals surface area (Å²) in [5.74, 6) is 0.698. The van der Waals surface area contributed by atoms with E-state index >= 15 is 0 Å². The molecule has 2 heteroatoms. The molecule has 1 aromatic carbocycles. The molecule has 0 aliphatic carbocycles. The molecule has 0 aliphatic heterocycles. The number of para-hydroxylation sites is 1. The van der Waals surface area contributed by atoms with Crippen LogP contribution in [0.2, 0.25) is 0 Å². The molecule has 0 amide bonds. The molecule has 2 rings (SSSR count). The van der Waals surface area contributed by atoms with Gasteiger partial charge in [-0.1, -0.05) is 18.2 Å². The number of nitrogens with one attached hydrogen (secondary N) is 1. The predicted molar refractivity (Wildman–Crippen MR) is 44.9 cm³/mol. The van der Waals surface area contributed by atoms with E-state index in [0.717, 1.165) is 5.52 Å². The summed E-state index contributed by atoms with van der Waals surface area (Å²) < 4.78 is 0. The number of hydrogen-bond acceptors (Lipinski definition) is 1. The number of nitrogens with two attached hydrogens (primary N) is 1. The van der Waals surface area contributed by atoms with Gasteiger partial charge in [-0.3, -0.25) is 5.73 Å². The fourth-order valence-electron chi connectivity index (χ4n) is 1.13. The van der Waals surface area contributed by atoms with Gasteiger partial charge < -0.3 is 0 Å². The van der Waals surface area contributed by atoms with Crippen molar-refractivity contribution in [3.63, 3.8) is 0 Å². The van der Waals surface area contributed by atoms with Gasteiger partial charge in [-0.05, 0) is 12.1 Å². The van der Waals surface area contributed by atoms with Crippen LogP contribution in [0.1, 0.15) is 0 Å². The van der Waals surface area contributed by atoms with Gasteiger partial charge in [0, 0.05) is 11.5 Å². The minimum Gasteiger partial charge on any atom is -0.287 e. The van der Waals surface area contributed by atoms with E-state index in [1.807, 2.05) is 36.4 Å². The summed E-state index contributed by atoms with van der Waals surface area (Å²) in [6.07, 6.45) is 0. The van der Waals surface area contributed by atoms with Crippen LogP contribution in [-0.4, -0.2) is 0 Å². The van der Waals surface area contributed by atoms with Crippen molar-refractivity contribution in [2.75, 3.05) is 5.73 Å². The Morgan fingerprint density at radius 2 is 1.82 bits per heavy atom. The molecular weight excluding hydrogens is 136 g/mol. The second-order valence-corrected chi connectivity index (χ2v) is 2.50. The Balaban J connectivity index is 2.83. The molecule has 54 valence electrons. The van der Waals surface area contributed by atoms with Crippen LogP contribution in [0, 0.1) is 0 Å². The van der Waals surface area contributed by atoms with Crippen LogP contribution in [0.5, 0.6) is 0 Å². The van der Waals surface area contributed by atoms with E-state index in [-0.39, 0.29) is 0 Å². The number of benzene rings is 1. The fraction of sp³-hybridized carbons (Fsp3) is 0. The van der Waals surface area contributed by atoms with E-state index < -0.39 is 0 Å². The van der Waals surface area contributed by atoms with E-state index in [1.54, 1.807) is 0 Å². The smallest absolute Gasteiger partial charge is 0.270 e. The molecule has 11 heavy (non-hydrogen) atoms. The highest BCUT2D eigenvalue weighted by Gasteiger charge is 1.95. The van der Waals surface area contributed by atoms with Crippen LogP contribution in [-0.2, 0) is 0 Å². The molecule has 1 heterocycles. The maximum Gasteiger partial charge on any atom is 0.270 e. The first-order chi connectivity index (χ1) is 5.36. The monoisotopic (exact) mass is 145 g/mol. The van der Waals surface area contributed by atoms with Crippen LogP contribution < -0.4 is 10.7 Å². The lowest BCUT2D eigenvalue weighted by atomic mass is 10.2. The van der Waals surface area contributed by atoms with Crippen LogP contribution in [0.25, 0.3) is 10.9 Å². The Hall–Kier alpha value is -1.57. The van der Waals surface area contributed by atoms with E-state index in [1.165, 1.54) is 5.39 Å². The summed E-state index contributed by atoms with van der Waals surface area (Å²) >= 11 is 0. The van der Waals surface area contributed by atoms with Crippen molar-refractivity contribution in [2.45, 2.75) is 0 Å². The number of rotatable bonds is 0. The Kier molecular flexibility index (Phi) is 1.25. The maximum absolute atomic E-state index is 5.57. The van der Waals surface area contributed by atoms with Gasteiger partial charge in [0.05, 0.1) is 0 Å². The quantitative estimate of drug-likeness (QED) is 0.595. The van der Waals surface area contributed by atoms with Crippen LogP contribution >= 0.6 is 0 Å². The van der Waals surface area contributed by atoms with Crippen molar-refractivity contribution in [3.05, 3.63) is 36.4 Å². The predicted octanol–water partition coefficient (Wildman–Crippen LogP) is 1.24. The first-order valence-corrected chi connectivity index (χ1v) is 3.53. The molecule has 0 spiro atoms. The van der Waals surface area contributed by atoms with Crippen LogP contribution in [0.15, 0.2) is 36.4 Å². The molecule has 0 radical (unpaired) electrons. The average Bonchev–Trinajstić information content (AvgIpc) is 2.04. The number of hydrogen-bond donors (Lipinski definition) is 1. The molecule has 3 N–H and O–H groups in total. The highest BCUT2D eigenvalue weighted by atomic mass is 14.8. The minimum absolute atomic E-state index is 0.698. The third-order valence-corrected chi connectivity index (χ3v) is 1.68. The molecule has 0 bridgehead atoms. The second-order valence-electron chi connectivity index (χ2n) is 2.50. The zero-order chi connectivity index (χ0) is 7.68. The van der Waals surface area contributed by atoms with E-state index in [9.17, 15) is 0 Å². The summed E-state index contributed by atoms with van der Waals surface area (Å²) in [6.45, 7) is 0. The normalized spacial score (nSPS) is 10.2. The van der Waals surface area contributed by atoms with Crippen molar-refractivity contribution >= 4 is 16.7 Å². The summed E-state index contributed by atoms with van der Waals surface area (Å²) in [7, 11) is 0. The number of pyridine rings is 1. The van der Waals surface area contributed by atoms with Gasteiger partial charge in [0.15, 0.2) is 0 Å². The highest BCUT2D eigenvalue weighted by Crippen LogP contribution is 2.07. The lowest BCUT2D eigenvalue weighted by Crippen LogP contribution is -2.09. The molecule has 0 fully saturated rings. The van der Waals surface area contributed by atoms with Gasteiger partial charge in [0.1, 0.15) is 5.52 Å². The van der Waals surface area contributed by atoms with Gasteiger partial charge >= 0.3 is 0 Å². The number of fused-ring (bicyclic) bond motifs is 1. The van der Waals surface area contributed by atoms with Crippen molar-refractivity contribution < 1.29 is 4.98 Å². The molecule has 0 atom stereocenters. The number of H-pyrrole nitrogens is 1. The Morgan fingerprint density at radius 1 is 1.00 bits per heavy atom. The second kappa shape index (κ2) is 2.23. The van der Waals surface area contributed by atoms with Crippen molar-refractivity contribution in [1.82, 2.24) is 0 Å². The van der Waals surface area contributed by atoms with Crippen molar-refractivity contribution in [1.29, 1.82) is 0 Å². The Labute approximate surface area is 64.7 Å². The number of nitrogen functional groups attached to an aromatic ring is 1. The van der Waals surface area contributed by atoms with E-state index in [2.05, 4.69) is 4.98 Å². The topological polar surface area (TPSA) is 40.2 Å². The van der Waals surface area contributed by atoms with Crippen molar-refractivity contribution in [3.8, 4) is 0 Å². The maximum atomic E-state index is 5.57. The fourth-order valence-corrected chi connectivity index (χ4v) is 1.13. The van der Waals surface area contributed by atoms with Gasteiger partial charge in [-0.2, -0.15) is 0 Å². The zero-order valence-electron chi connectivity index (χ0n) is 6.04. The summed E-state index contributed by atoms with van der Waals surface area (Å²) in [4.78, 5) is 3.07. The highest BCUT2D eigenvalue weighted by molar-refractivity contribution is 5.75. The average molecular weight is 145 g/mol. The molecule has 2 aromatic rings. The number of aromatic amines is 1. The number of anilines is 1. The van der Waals surface area contributed by atoms with E-state index in [0.29, 0.717) is 5.82 Å². The molecule has 0 saturated heterocycles. The van der Waals surface area contributed by atoms with Gasteiger partial charge in [0.25, 0.3) is 5.82 Å². The third-order valence-electron chi connectivity index (χ3n) is 1.68.